The molecule has 16 heavy (non-hydrogen) atoms. The molecule has 0 spiro atoms. The summed E-state index contributed by atoms with van der Waals surface area (Å²) in [5.41, 5.74) is -0.248. The van der Waals surface area contributed by atoms with Crippen molar-refractivity contribution in [3.63, 3.8) is 0 Å². The zero-order chi connectivity index (χ0) is 13.0. The Kier molecular flexibility index (Phi) is 12.1. The van der Waals surface area contributed by atoms with Crippen molar-refractivity contribution < 1.29 is 14.3 Å². The zero-order valence-corrected chi connectivity index (χ0v) is 11.6. The molecule has 0 aliphatic rings. The van der Waals surface area contributed by atoms with E-state index in [0.29, 0.717) is 13.2 Å². The minimum absolute atomic E-state index is 0.0323. The lowest BCUT2D eigenvalue weighted by Gasteiger charge is -2.22. The maximum atomic E-state index is 11.1. The Morgan fingerprint density at radius 1 is 1.31 bits per heavy atom. The standard InChI is InChI=1S/C10H21NO3.C2H6/c1-5-10(2,3)14-8-9(12)13-7-6-11-4;1-2/h11H,5-8H2,1-4H3;1-2H3. The first-order valence-corrected chi connectivity index (χ1v) is 5.96. The van der Waals surface area contributed by atoms with Gasteiger partial charge in [-0.1, -0.05) is 20.8 Å². The highest BCUT2D eigenvalue weighted by atomic mass is 16.6. The lowest BCUT2D eigenvalue weighted by atomic mass is 10.1. The Balaban J connectivity index is 0. The van der Waals surface area contributed by atoms with Crippen LogP contribution in [0.4, 0.5) is 0 Å². The number of likely N-dealkylation sites (N-methyl/N-ethyl adjacent to an activating group) is 1. The Morgan fingerprint density at radius 3 is 2.31 bits per heavy atom. The van der Waals surface area contributed by atoms with Crippen molar-refractivity contribution in [3.05, 3.63) is 0 Å². The summed E-state index contributed by atoms with van der Waals surface area (Å²) in [5.74, 6) is -0.304. The summed E-state index contributed by atoms with van der Waals surface area (Å²) >= 11 is 0. The van der Waals surface area contributed by atoms with Gasteiger partial charge in [-0.05, 0) is 27.3 Å². The van der Waals surface area contributed by atoms with Gasteiger partial charge in [0, 0.05) is 6.54 Å². The van der Waals surface area contributed by atoms with Crippen LogP contribution >= 0.6 is 0 Å². The van der Waals surface area contributed by atoms with Gasteiger partial charge in [0.1, 0.15) is 13.2 Å². The molecule has 0 bridgehead atoms. The summed E-state index contributed by atoms with van der Waals surface area (Å²) in [6.07, 6.45) is 0.872. The summed E-state index contributed by atoms with van der Waals surface area (Å²) in [6.45, 7) is 11.0. The Hall–Kier alpha value is -0.610. The summed E-state index contributed by atoms with van der Waals surface area (Å²) < 4.78 is 10.3. The molecule has 0 amide bonds. The van der Waals surface area contributed by atoms with Crippen LogP contribution in [0, 0.1) is 0 Å². The van der Waals surface area contributed by atoms with Crippen LogP contribution in [0.2, 0.25) is 0 Å². The molecule has 0 unspecified atom stereocenters. The monoisotopic (exact) mass is 233 g/mol. The number of carbonyl (C=O) groups is 1. The summed E-state index contributed by atoms with van der Waals surface area (Å²) in [7, 11) is 1.81. The van der Waals surface area contributed by atoms with Gasteiger partial charge < -0.3 is 14.8 Å². The Bertz CT molecular complexity index is 170. The van der Waals surface area contributed by atoms with E-state index in [2.05, 4.69) is 5.32 Å². The molecular formula is C12H27NO3. The molecule has 4 heteroatoms. The second-order valence-electron chi connectivity index (χ2n) is 3.73. The molecule has 0 aromatic carbocycles. The second-order valence-corrected chi connectivity index (χ2v) is 3.73. The minimum atomic E-state index is -0.304. The number of nitrogens with one attached hydrogen (secondary N) is 1. The van der Waals surface area contributed by atoms with Crippen molar-refractivity contribution in [3.8, 4) is 0 Å². The topological polar surface area (TPSA) is 47.6 Å². The fourth-order valence-corrected chi connectivity index (χ4v) is 0.665. The summed E-state index contributed by atoms with van der Waals surface area (Å²) in [4.78, 5) is 11.1. The molecular weight excluding hydrogens is 206 g/mol. The van der Waals surface area contributed by atoms with Crippen molar-refractivity contribution in [1.82, 2.24) is 5.32 Å². The van der Waals surface area contributed by atoms with Crippen molar-refractivity contribution in [1.29, 1.82) is 0 Å². The van der Waals surface area contributed by atoms with Crippen LogP contribution in [0.3, 0.4) is 0 Å². The van der Waals surface area contributed by atoms with Crippen LogP contribution in [0.1, 0.15) is 41.0 Å². The number of hydrogen-bond acceptors (Lipinski definition) is 4. The molecule has 0 aromatic rings. The maximum absolute atomic E-state index is 11.1. The average molecular weight is 233 g/mol. The fraction of sp³-hybridized carbons (Fsp3) is 0.917. The van der Waals surface area contributed by atoms with Crippen LogP contribution in [0.5, 0.6) is 0 Å². The SMILES string of the molecule is CC.CCC(C)(C)OCC(=O)OCCNC. The molecule has 0 radical (unpaired) electrons. The summed E-state index contributed by atoms with van der Waals surface area (Å²) in [6, 6.07) is 0. The predicted molar refractivity (Wildman–Crippen MR) is 66.6 cm³/mol. The number of esters is 1. The van der Waals surface area contributed by atoms with E-state index in [1.165, 1.54) is 0 Å². The number of rotatable bonds is 7. The third-order valence-electron chi connectivity index (χ3n) is 2.05. The molecule has 0 aromatic heterocycles. The average Bonchev–Trinajstić information content (AvgIpc) is 2.30. The van der Waals surface area contributed by atoms with E-state index in [1.54, 1.807) is 0 Å². The largest absolute Gasteiger partial charge is 0.463 e. The first-order valence-electron chi connectivity index (χ1n) is 5.96. The summed E-state index contributed by atoms with van der Waals surface area (Å²) in [5, 5.41) is 2.89. The van der Waals surface area contributed by atoms with Crippen molar-refractivity contribution >= 4 is 5.97 Å². The third-order valence-corrected chi connectivity index (χ3v) is 2.05. The number of hydrogen-bond donors (Lipinski definition) is 1. The van der Waals surface area contributed by atoms with E-state index in [9.17, 15) is 4.79 Å². The van der Waals surface area contributed by atoms with Crippen molar-refractivity contribution in [2.75, 3.05) is 26.8 Å². The smallest absolute Gasteiger partial charge is 0.332 e. The molecule has 0 rings (SSSR count). The highest BCUT2D eigenvalue weighted by molar-refractivity contribution is 5.70. The first kappa shape index (κ1) is 17.8. The van der Waals surface area contributed by atoms with E-state index in [-0.39, 0.29) is 18.2 Å². The molecule has 0 saturated heterocycles. The second kappa shape index (κ2) is 10.9. The van der Waals surface area contributed by atoms with Crippen molar-refractivity contribution in [2.45, 2.75) is 46.6 Å². The molecule has 0 aliphatic heterocycles. The van der Waals surface area contributed by atoms with Gasteiger partial charge in [0.2, 0.25) is 0 Å². The molecule has 98 valence electrons. The van der Waals surface area contributed by atoms with E-state index in [1.807, 2.05) is 41.7 Å². The van der Waals surface area contributed by atoms with Crippen LogP contribution in [-0.2, 0) is 14.3 Å². The molecule has 0 aliphatic carbocycles. The van der Waals surface area contributed by atoms with Gasteiger partial charge in [-0.25, -0.2) is 4.79 Å². The normalized spacial score (nSPS) is 10.4. The van der Waals surface area contributed by atoms with Gasteiger partial charge >= 0.3 is 5.97 Å². The maximum Gasteiger partial charge on any atom is 0.332 e. The predicted octanol–water partition coefficient (Wildman–Crippen LogP) is 1.98. The van der Waals surface area contributed by atoms with Gasteiger partial charge in [0.25, 0.3) is 0 Å². The van der Waals surface area contributed by atoms with Gasteiger partial charge in [-0.15, -0.1) is 0 Å². The lowest BCUT2D eigenvalue weighted by molar-refractivity contribution is -0.154. The van der Waals surface area contributed by atoms with Gasteiger partial charge in [-0.3, -0.25) is 0 Å². The van der Waals surface area contributed by atoms with Gasteiger partial charge in [-0.2, -0.15) is 0 Å². The molecule has 4 nitrogen and oxygen atoms in total. The third kappa shape index (κ3) is 11.5. The quantitative estimate of drug-likeness (QED) is 0.539. The van der Waals surface area contributed by atoms with Gasteiger partial charge in [0.05, 0.1) is 5.60 Å². The van der Waals surface area contributed by atoms with Crippen LogP contribution in [0.25, 0.3) is 0 Å². The molecule has 0 saturated carbocycles. The van der Waals surface area contributed by atoms with Gasteiger partial charge in [0.15, 0.2) is 0 Å². The lowest BCUT2D eigenvalue weighted by Crippen LogP contribution is -2.28. The Labute approximate surface area is 99.7 Å². The molecule has 1 N–H and O–H groups in total. The highest BCUT2D eigenvalue weighted by Crippen LogP contribution is 2.12. The van der Waals surface area contributed by atoms with Crippen LogP contribution < -0.4 is 5.32 Å². The Morgan fingerprint density at radius 2 is 1.88 bits per heavy atom. The minimum Gasteiger partial charge on any atom is -0.463 e. The molecule has 0 fully saturated rings. The zero-order valence-electron chi connectivity index (χ0n) is 11.6. The highest BCUT2D eigenvalue weighted by Gasteiger charge is 2.17. The van der Waals surface area contributed by atoms with E-state index in [0.717, 1.165) is 6.42 Å². The number of ether oxygens (including phenoxy) is 2. The fourth-order valence-electron chi connectivity index (χ4n) is 0.665. The van der Waals surface area contributed by atoms with E-state index in [4.69, 9.17) is 9.47 Å². The van der Waals surface area contributed by atoms with Crippen molar-refractivity contribution in [2.24, 2.45) is 0 Å². The van der Waals surface area contributed by atoms with E-state index >= 15 is 0 Å². The number of carbonyl (C=O) groups excluding carboxylic acids is 1. The molecule has 0 atom stereocenters. The van der Waals surface area contributed by atoms with Crippen LogP contribution in [0.15, 0.2) is 0 Å². The van der Waals surface area contributed by atoms with E-state index < -0.39 is 0 Å². The van der Waals surface area contributed by atoms with Crippen LogP contribution in [-0.4, -0.2) is 38.4 Å². The molecule has 0 heterocycles. The first-order chi connectivity index (χ1) is 7.52.